The summed E-state index contributed by atoms with van der Waals surface area (Å²) in [6, 6.07) is 0. The van der Waals surface area contributed by atoms with Crippen LogP contribution in [0.3, 0.4) is 0 Å². The van der Waals surface area contributed by atoms with Crippen molar-refractivity contribution >= 4 is 5.97 Å². The summed E-state index contributed by atoms with van der Waals surface area (Å²) >= 11 is 0. The third-order valence-corrected chi connectivity index (χ3v) is 13.0. The summed E-state index contributed by atoms with van der Waals surface area (Å²) < 4.78 is 0. The SMILES string of the molecule is CC1(C)CC[C@]2(C(=O)O)CC[C@]3(C)C(=CC[C@@H]4[C@@]5(C)CC[C@H](O)C(C)(C)[C@@H]5CC[C@@]43C)[C@@H]2C1. The van der Waals surface area contributed by atoms with Gasteiger partial charge in [0.1, 0.15) is 0 Å². The summed E-state index contributed by atoms with van der Waals surface area (Å²) in [6.07, 6.45) is 12.6. The van der Waals surface area contributed by atoms with Gasteiger partial charge in [0.25, 0.3) is 0 Å². The highest BCUT2D eigenvalue weighted by Crippen LogP contribution is 2.75. The van der Waals surface area contributed by atoms with Crippen LogP contribution in [0.5, 0.6) is 0 Å². The largest absolute Gasteiger partial charge is 0.481 e. The van der Waals surface area contributed by atoms with Gasteiger partial charge in [-0.05, 0) is 109 Å². The molecular formula is C30H48O3. The van der Waals surface area contributed by atoms with E-state index in [1.165, 1.54) is 18.4 Å². The summed E-state index contributed by atoms with van der Waals surface area (Å²) in [5, 5.41) is 21.4. The van der Waals surface area contributed by atoms with Crippen LogP contribution in [0.15, 0.2) is 11.6 Å². The van der Waals surface area contributed by atoms with Crippen LogP contribution in [0.2, 0.25) is 0 Å². The van der Waals surface area contributed by atoms with Crippen LogP contribution in [-0.4, -0.2) is 22.3 Å². The minimum absolute atomic E-state index is 0.0301. The number of carbonyl (C=O) groups is 1. The second kappa shape index (κ2) is 6.89. The first-order valence-corrected chi connectivity index (χ1v) is 13.8. The van der Waals surface area contributed by atoms with E-state index >= 15 is 0 Å². The highest BCUT2D eigenvalue weighted by Gasteiger charge is 2.69. The van der Waals surface area contributed by atoms with Crippen LogP contribution in [0, 0.1) is 50.2 Å². The molecule has 33 heavy (non-hydrogen) atoms. The zero-order chi connectivity index (χ0) is 24.2. The van der Waals surface area contributed by atoms with E-state index in [0.29, 0.717) is 11.8 Å². The van der Waals surface area contributed by atoms with Gasteiger partial charge in [0, 0.05) is 0 Å². The first-order valence-electron chi connectivity index (χ1n) is 13.8. The Labute approximate surface area is 201 Å². The quantitative estimate of drug-likeness (QED) is 0.409. The topological polar surface area (TPSA) is 57.5 Å². The average molecular weight is 457 g/mol. The van der Waals surface area contributed by atoms with Gasteiger partial charge in [-0.25, -0.2) is 0 Å². The molecule has 0 bridgehead atoms. The third-order valence-electron chi connectivity index (χ3n) is 13.0. The first kappa shape index (κ1) is 23.9. The standard InChI is InChI=1S/C30H48O3/c1-25(2)14-16-30(24(32)33)17-15-28(6)19(20(30)18-25)8-9-22-27(5)12-11-23(31)26(3,4)21(27)10-13-29(22,28)7/h8,20-23,31H,9-18H2,1-7H3,(H,32,33)/t20-,21-,22+,23-,27-,28+,29-,30-/m0/s1. The molecular weight excluding hydrogens is 408 g/mol. The third kappa shape index (κ3) is 2.87. The lowest BCUT2D eigenvalue weighted by molar-refractivity contribution is -0.205. The molecule has 4 saturated carbocycles. The summed E-state index contributed by atoms with van der Waals surface area (Å²) in [5.74, 6) is 0.807. The lowest BCUT2D eigenvalue weighted by Crippen LogP contribution is -2.65. The van der Waals surface area contributed by atoms with Gasteiger partial charge in [0.05, 0.1) is 11.5 Å². The van der Waals surface area contributed by atoms with Crippen molar-refractivity contribution in [3.8, 4) is 0 Å². The number of allylic oxidation sites excluding steroid dienone is 2. The Balaban J connectivity index is 1.60. The lowest BCUT2D eigenvalue weighted by Gasteiger charge is -2.71. The van der Waals surface area contributed by atoms with E-state index in [1.807, 2.05) is 0 Å². The van der Waals surface area contributed by atoms with Crippen LogP contribution in [0.25, 0.3) is 0 Å². The van der Waals surface area contributed by atoms with Gasteiger partial charge < -0.3 is 10.2 Å². The number of aliphatic carboxylic acids is 1. The number of aliphatic hydroxyl groups is 1. The number of rotatable bonds is 1. The van der Waals surface area contributed by atoms with Crippen LogP contribution >= 0.6 is 0 Å². The van der Waals surface area contributed by atoms with E-state index in [0.717, 1.165) is 51.4 Å². The molecule has 186 valence electrons. The molecule has 0 aliphatic heterocycles. The molecule has 0 aromatic rings. The molecule has 3 heteroatoms. The highest BCUT2D eigenvalue weighted by atomic mass is 16.4. The molecule has 8 atom stereocenters. The molecule has 5 aliphatic carbocycles. The fraction of sp³-hybridized carbons (Fsp3) is 0.900. The number of hydrogen-bond acceptors (Lipinski definition) is 2. The van der Waals surface area contributed by atoms with E-state index in [1.54, 1.807) is 0 Å². The Hall–Kier alpha value is -0.830. The van der Waals surface area contributed by atoms with Gasteiger partial charge >= 0.3 is 5.97 Å². The summed E-state index contributed by atoms with van der Waals surface area (Å²) in [6.45, 7) is 16.9. The Morgan fingerprint density at radius 2 is 1.55 bits per heavy atom. The lowest BCUT2D eigenvalue weighted by atomic mass is 9.33. The molecule has 2 N–H and O–H groups in total. The first-order chi connectivity index (χ1) is 15.1. The van der Waals surface area contributed by atoms with E-state index in [4.69, 9.17) is 0 Å². The Morgan fingerprint density at radius 1 is 0.879 bits per heavy atom. The van der Waals surface area contributed by atoms with Crippen LogP contribution < -0.4 is 0 Å². The fourth-order valence-electron chi connectivity index (χ4n) is 10.6. The fourth-order valence-corrected chi connectivity index (χ4v) is 10.6. The van der Waals surface area contributed by atoms with Crippen molar-refractivity contribution in [3.05, 3.63) is 11.6 Å². The Bertz CT molecular complexity index is 885. The van der Waals surface area contributed by atoms with Crippen molar-refractivity contribution in [2.75, 3.05) is 0 Å². The van der Waals surface area contributed by atoms with E-state index < -0.39 is 11.4 Å². The van der Waals surface area contributed by atoms with Gasteiger partial charge in [-0.15, -0.1) is 0 Å². The van der Waals surface area contributed by atoms with Gasteiger partial charge in [-0.2, -0.15) is 0 Å². The molecule has 5 rings (SSSR count). The van der Waals surface area contributed by atoms with Crippen molar-refractivity contribution in [2.24, 2.45) is 50.2 Å². The van der Waals surface area contributed by atoms with Gasteiger partial charge in [-0.3, -0.25) is 4.79 Å². The monoisotopic (exact) mass is 456 g/mol. The van der Waals surface area contributed by atoms with Crippen molar-refractivity contribution in [1.82, 2.24) is 0 Å². The molecule has 0 amide bonds. The Morgan fingerprint density at radius 3 is 2.21 bits per heavy atom. The average Bonchev–Trinajstić information content (AvgIpc) is 2.71. The summed E-state index contributed by atoms with van der Waals surface area (Å²) in [4.78, 5) is 12.8. The minimum Gasteiger partial charge on any atom is -0.481 e. The maximum Gasteiger partial charge on any atom is 0.310 e. The molecule has 0 aromatic carbocycles. The van der Waals surface area contributed by atoms with Crippen LogP contribution in [0.1, 0.15) is 113 Å². The predicted octanol–water partition coefficient (Wildman–Crippen LogP) is 7.23. The van der Waals surface area contributed by atoms with E-state index in [9.17, 15) is 15.0 Å². The normalized spacial score (nSPS) is 52.4. The maximum atomic E-state index is 12.8. The predicted molar refractivity (Wildman–Crippen MR) is 133 cm³/mol. The van der Waals surface area contributed by atoms with E-state index in [2.05, 4.69) is 54.5 Å². The molecule has 4 fully saturated rings. The molecule has 0 unspecified atom stereocenters. The number of carboxylic acids is 1. The number of aliphatic hydroxyl groups excluding tert-OH is 1. The maximum absolute atomic E-state index is 12.8. The highest BCUT2D eigenvalue weighted by molar-refractivity contribution is 5.76. The molecule has 5 aliphatic rings. The second-order valence-electron chi connectivity index (χ2n) is 15.1. The number of hydrogen-bond donors (Lipinski definition) is 2. The van der Waals surface area contributed by atoms with Crippen LogP contribution in [0.4, 0.5) is 0 Å². The second-order valence-corrected chi connectivity index (χ2v) is 15.1. The smallest absolute Gasteiger partial charge is 0.310 e. The van der Waals surface area contributed by atoms with Crippen molar-refractivity contribution in [3.63, 3.8) is 0 Å². The van der Waals surface area contributed by atoms with Crippen molar-refractivity contribution in [2.45, 2.75) is 119 Å². The van der Waals surface area contributed by atoms with Crippen LogP contribution in [-0.2, 0) is 4.79 Å². The molecule has 0 saturated heterocycles. The number of fused-ring (bicyclic) bond motifs is 7. The zero-order valence-corrected chi connectivity index (χ0v) is 22.3. The summed E-state index contributed by atoms with van der Waals surface area (Å²) in [5.41, 5.74) is 1.68. The minimum atomic E-state index is -0.553. The van der Waals surface area contributed by atoms with Gasteiger partial charge in [0.2, 0.25) is 0 Å². The molecule has 0 aromatic heterocycles. The molecule has 0 radical (unpaired) electrons. The summed E-state index contributed by atoms with van der Waals surface area (Å²) in [7, 11) is 0. The van der Waals surface area contributed by atoms with E-state index in [-0.39, 0.29) is 39.1 Å². The van der Waals surface area contributed by atoms with Crippen molar-refractivity contribution in [1.29, 1.82) is 0 Å². The number of carboxylic acid groups (broad SMARTS) is 1. The molecule has 3 nitrogen and oxygen atoms in total. The molecule has 0 heterocycles. The zero-order valence-electron chi connectivity index (χ0n) is 22.3. The van der Waals surface area contributed by atoms with Gasteiger partial charge in [-0.1, -0.05) is 60.1 Å². The van der Waals surface area contributed by atoms with Gasteiger partial charge in [0.15, 0.2) is 0 Å². The Kier molecular flexibility index (Phi) is 4.99. The van der Waals surface area contributed by atoms with Crippen molar-refractivity contribution < 1.29 is 15.0 Å². The molecule has 0 spiro atoms.